The number of ether oxygens (including phenoxy) is 1. The predicted molar refractivity (Wildman–Crippen MR) is 138 cm³/mol. The zero-order valence-electron chi connectivity index (χ0n) is 19.1. The Morgan fingerprint density at radius 2 is 1.82 bits per heavy atom. The summed E-state index contributed by atoms with van der Waals surface area (Å²) in [5.41, 5.74) is 3.21. The Balaban J connectivity index is 1.63. The minimum Gasteiger partial charge on any atom is -0.495 e. The van der Waals surface area contributed by atoms with Crippen molar-refractivity contribution in [2.45, 2.75) is 37.8 Å². The number of aryl methyl sites for hydroxylation is 1. The van der Waals surface area contributed by atoms with Crippen LogP contribution in [-0.4, -0.2) is 40.7 Å². The molecule has 0 aliphatic carbocycles. The van der Waals surface area contributed by atoms with Gasteiger partial charge in [0, 0.05) is 35.7 Å². The lowest BCUT2D eigenvalue weighted by Crippen LogP contribution is -2.54. The van der Waals surface area contributed by atoms with Crippen LogP contribution >= 0.6 is 22.9 Å². The van der Waals surface area contributed by atoms with Gasteiger partial charge >= 0.3 is 0 Å². The van der Waals surface area contributed by atoms with Crippen molar-refractivity contribution in [2.24, 2.45) is 0 Å². The molecule has 1 fully saturated rings. The van der Waals surface area contributed by atoms with E-state index >= 15 is 0 Å². The first kappa shape index (κ1) is 23.9. The molecule has 1 aromatic heterocycles. The van der Waals surface area contributed by atoms with Crippen molar-refractivity contribution in [1.29, 1.82) is 0 Å². The Bertz CT molecular complexity index is 1250. The number of thiophene rings is 1. The standard InChI is InChI=1S/C24H28ClN3O3S2/c1-15-12-28(13-16(2)26-15)20-6-7-23(31-4)22(11-20)27-33(29,30)24-8-5-18(10-21(24)25)19-9-17(3)32-14-19/h5-11,14-16,26-27H,12-13H2,1-4H3. The van der Waals surface area contributed by atoms with Crippen LogP contribution in [0.2, 0.25) is 5.02 Å². The third-order valence-electron chi connectivity index (χ3n) is 5.64. The minimum atomic E-state index is -3.93. The highest BCUT2D eigenvalue weighted by molar-refractivity contribution is 7.92. The first-order chi connectivity index (χ1) is 15.7. The second-order valence-corrected chi connectivity index (χ2v) is 11.6. The first-order valence-corrected chi connectivity index (χ1v) is 13.5. The number of methoxy groups -OCH3 is 1. The van der Waals surface area contributed by atoms with Crippen LogP contribution in [0.4, 0.5) is 11.4 Å². The molecular weight excluding hydrogens is 478 g/mol. The van der Waals surface area contributed by atoms with Crippen LogP contribution in [-0.2, 0) is 10.0 Å². The van der Waals surface area contributed by atoms with E-state index in [1.165, 1.54) is 12.0 Å². The number of nitrogens with zero attached hydrogens (tertiary/aromatic N) is 1. The topological polar surface area (TPSA) is 70.7 Å². The zero-order valence-corrected chi connectivity index (χ0v) is 21.4. The summed E-state index contributed by atoms with van der Waals surface area (Å²) in [6.45, 7) is 7.97. The highest BCUT2D eigenvalue weighted by Crippen LogP contribution is 2.35. The Kier molecular flexibility index (Phi) is 6.91. The third-order valence-corrected chi connectivity index (χ3v) is 8.35. The predicted octanol–water partition coefficient (Wildman–Crippen LogP) is 5.37. The largest absolute Gasteiger partial charge is 0.495 e. The number of piperazine rings is 1. The molecule has 2 heterocycles. The molecule has 176 valence electrons. The summed E-state index contributed by atoms with van der Waals surface area (Å²) in [7, 11) is -2.41. The average Bonchev–Trinajstić information content (AvgIpc) is 3.19. The number of sulfonamides is 1. The van der Waals surface area contributed by atoms with Gasteiger partial charge in [-0.1, -0.05) is 17.7 Å². The van der Waals surface area contributed by atoms with Crippen molar-refractivity contribution in [3.05, 3.63) is 57.7 Å². The fourth-order valence-corrected chi connectivity index (χ4v) is 6.52. The van der Waals surface area contributed by atoms with Crippen molar-refractivity contribution in [3.8, 4) is 16.9 Å². The van der Waals surface area contributed by atoms with E-state index in [0.717, 1.165) is 29.9 Å². The van der Waals surface area contributed by atoms with Gasteiger partial charge in [0.1, 0.15) is 10.6 Å². The molecule has 2 atom stereocenters. The number of rotatable bonds is 6. The second-order valence-electron chi connectivity index (χ2n) is 8.46. The summed E-state index contributed by atoms with van der Waals surface area (Å²) in [6.07, 6.45) is 0. The van der Waals surface area contributed by atoms with Crippen molar-refractivity contribution in [1.82, 2.24) is 5.32 Å². The van der Waals surface area contributed by atoms with Gasteiger partial charge in [0.15, 0.2) is 0 Å². The molecule has 33 heavy (non-hydrogen) atoms. The highest BCUT2D eigenvalue weighted by Gasteiger charge is 2.24. The number of anilines is 2. The van der Waals surface area contributed by atoms with Gasteiger partial charge in [-0.3, -0.25) is 4.72 Å². The molecule has 0 radical (unpaired) electrons. The quantitative estimate of drug-likeness (QED) is 0.471. The van der Waals surface area contributed by atoms with Gasteiger partial charge in [0.25, 0.3) is 10.0 Å². The first-order valence-electron chi connectivity index (χ1n) is 10.7. The lowest BCUT2D eigenvalue weighted by Gasteiger charge is -2.38. The monoisotopic (exact) mass is 505 g/mol. The van der Waals surface area contributed by atoms with Crippen LogP contribution in [0.5, 0.6) is 5.75 Å². The summed E-state index contributed by atoms with van der Waals surface area (Å²) in [4.78, 5) is 3.45. The summed E-state index contributed by atoms with van der Waals surface area (Å²) in [5, 5.41) is 5.71. The van der Waals surface area contributed by atoms with Crippen molar-refractivity contribution >= 4 is 44.3 Å². The molecular formula is C24H28ClN3O3S2. The molecule has 4 rings (SSSR count). The van der Waals surface area contributed by atoms with Crippen molar-refractivity contribution in [2.75, 3.05) is 29.8 Å². The van der Waals surface area contributed by atoms with E-state index in [0.29, 0.717) is 23.5 Å². The molecule has 1 saturated heterocycles. The van der Waals surface area contributed by atoms with E-state index in [2.05, 4.69) is 34.9 Å². The molecule has 6 nitrogen and oxygen atoms in total. The fraction of sp³-hybridized carbons (Fsp3) is 0.333. The summed E-state index contributed by atoms with van der Waals surface area (Å²) in [6, 6.07) is 13.3. The normalized spacial score (nSPS) is 18.9. The van der Waals surface area contributed by atoms with E-state index in [1.807, 2.05) is 24.4 Å². The molecule has 0 amide bonds. The highest BCUT2D eigenvalue weighted by atomic mass is 35.5. The van der Waals surface area contributed by atoms with Crippen LogP contribution in [0.1, 0.15) is 18.7 Å². The van der Waals surface area contributed by atoms with Crippen molar-refractivity contribution < 1.29 is 13.2 Å². The Labute approximate surface area is 204 Å². The van der Waals surface area contributed by atoms with Crippen LogP contribution in [0.25, 0.3) is 11.1 Å². The van der Waals surface area contributed by atoms with Gasteiger partial charge in [-0.15, -0.1) is 11.3 Å². The smallest absolute Gasteiger partial charge is 0.263 e. The third kappa shape index (κ3) is 5.30. The van der Waals surface area contributed by atoms with Crippen LogP contribution in [0, 0.1) is 6.92 Å². The van der Waals surface area contributed by atoms with E-state index in [-0.39, 0.29) is 9.92 Å². The lowest BCUT2D eigenvalue weighted by molar-refractivity contribution is 0.406. The number of nitrogens with one attached hydrogen (secondary N) is 2. The molecule has 0 bridgehead atoms. The van der Waals surface area contributed by atoms with Crippen LogP contribution in [0.15, 0.2) is 52.7 Å². The Morgan fingerprint density at radius 1 is 1.09 bits per heavy atom. The average molecular weight is 506 g/mol. The van der Waals surface area contributed by atoms with Gasteiger partial charge in [-0.25, -0.2) is 8.42 Å². The molecule has 0 spiro atoms. The number of hydrogen-bond acceptors (Lipinski definition) is 6. The summed E-state index contributed by atoms with van der Waals surface area (Å²) < 4.78 is 34.6. The number of halogens is 1. The van der Waals surface area contributed by atoms with E-state index in [9.17, 15) is 8.42 Å². The maximum Gasteiger partial charge on any atom is 0.263 e. The Hall–Kier alpha value is -2.26. The maximum atomic E-state index is 13.3. The molecule has 3 aromatic rings. The van der Waals surface area contributed by atoms with Crippen LogP contribution in [0.3, 0.4) is 0 Å². The molecule has 2 aromatic carbocycles. The van der Waals surface area contributed by atoms with E-state index in [1.54, 1.807) is 35.6 Å². The summed E-state index contributed by atoms with van der Waals surface area (Å²) >= 11 is 8.07. The van der Waals surface area contributed by atoms with E-state index < -0.39 is 10.0 Å². The summed E-state index contributed by atoms with van der Waals surface area (Å²) in [5.74, 6) is 0.444. The molecule has 1 aliphatic heterocycles. The van der Waals surface area contributed by atoms with Gasteiger partial charge in [0.2, 0.25) is 0 Å². The van der Waals surface area contributed by atoms with E-state index in [4.69, 9.17) is 16.3 Å². The van der Waals surface area contributed by atoms with Gasteiger partial charge in [-0.05, 0) is 73.7 Å². The molecule has 2 unspecified atom stereocenters. The number of benzene rings is 2. The minimum absolute atomic E-state index is 0.0248. The molecule has 1 aliphatic rings. The van der Waals surface area contributed by atoms with Gasteiger partial charge < -0.3 is 15.0 Å². The molecule has 2 N–H and O–H groups in total. The SMILES string of the molecule is COc1ccc(N2CC(C)NC(C)C2)cc1NS(=O)(=O)c1ccc(-c2csc(C)c2)cc1Cl. The zero-order chi connectivity index (χ0) is 23.8. The Morgan fingerprint density at radius 3 is 2.42 bits per heavy atom. The van der Waals surface area contributed by atoms with Crippen LogP contribution < -0.4 is 19.7 Å². The van der Waals surface area contributed by atoms with Gasteiger partial charge in [-0.2, -0.15) is 0 Å². The molecule has 9 heteroatoms. The van der Waals surface area contributed by atoms with Gasteiger partial charge in [0.05, 0.1) is 17.8 Å². The van der Waals surface area contributed by atoms with Crippen molar-refractivity contribution in [3.63, 3.8) is 0 Å². The fourth-order valence-electron chi connectivity index (χ4n) is 4.20. The second kappa shape index (κ2) is 9.54. The lowest BCUT2D eigenvalue weighted by atomic mass is 10.1. The molecule has 0 saturated carbocycles. The number of hydrogen-bond donors (Lipinski definition) is 2. The maximum absolute atomic E-state index is 13.3.